The Labute approximate surface area is 207 Å². The molecule has 0 saturated carbocycles. The number of hydrogen-bond donors (Lipinski definition) is 1. The van der Waals surface area contributed by atoms with E-state index < -0.39 is 5.97 Å². The number of aromatic carboxylic acids is 1. The van der Waals surface area contributed by atoms with E-state index in [1.165, 1.54) is 17.1 Å². The molecule has 8 heteroatoms. The molecule has 7 nitrogen and oxygen atoms in total. The molecule has 0 bridgehead atoms. The molecule has 3 aromatic rings. The van der Waals surface area contributed by atoms with Gasteiger partial charge in [0.05, 0.1) is 34.2 Å². The molecule has 0 saturated heterocycles. The summed E-state index contributed by atoms with van der Waals surface area (Å²) in [6, 6.07) is 19.2. The van der Waals surface area contributed by atoms with Crippen LogP contribution in [0.3, 0.4) is 0 Å². The van der Waals surface area contributed by atoms with Crippen molar-refractivity contribution in [1.29, 1.82) is 0 Å². The minimum atomic E-state index is -1.04. The van der Waals surface area contributed by atoms with Gasteiger partial charge >= 0.3 is 5.97 Å². The van der Waals surface area contributed by atoms with Gasteiger partial charge in [0.25, 0.3) is 5.91 Å². The van der Waals surface area contributed by atoms with Crippen LogP contribution in [0.4, 0.5) is 5.69 Å². The van der Waals surface area contributed by atoms with E-state index in [0.29, 0.717) is 52.3 Å². The number of hydrazone groups is 1. The van der Waals surface area contributed by atoms with Crippen LogP contribution in [-0.2, 0) is 11.4 Å². The molecule has 0 radical (unpaired) electrons. The number of anilines is 1. The fraction of sp³-hybridized carbons (Fsp3) is 0.148. The van der Waals surface area contributed by atoms with Crippen molar-refractivity contribution in [2.75, 3.05) is 11.6 Å². The molecule has 1 N–H and O–H groups in total. The highest BCUT2D eigenvalue weighted by Gasteiger charge is 2.29. The predicted octanol–water partition coefficient (Wildman–Crippen LogP) is 5.82. The number of carbonyl (C=O) groups is 2. The number of ether oxygens (including phenoxy) is 2. The van der Waals surface area contributed by atoms with Crippen LogP contribution in [0.1, 0.15) is 35.3 Å². The first-order chi connectivity index (χ1) is 16.9. The molecular weight excluding hydrogens is 468 g/mol. The van der Waals surface area contributed by atoms with Crippen molar-refractivity contribution in [2.24, 2.45) is 5.10 Å². The summed E-state index contributed by atoms with van der Waals surface area (Å²) in [7, 11) is 0. The highest BCUT2D eigenvalue weighted by Crippen LogP contribution is 2.38. The molecule has 0 atom stereocenters. The largest absolute Gasteiger partial charge is 0.490 e. The zero-order valence-corrected chi connectivity index (χ0v) is 20.0. The molecule has 0 unspecified atom stereocenters. The van der Waals surface area contributed by atoms with Crippen LogP contribution in [-0.4, -0.2) is 29.3 Å². The molecule has 0 spiro atoms. The van der Waals surface area contributed by atoms with Gasteiger partial charge in [-0.05, 0) is 67.4 Å². The topological polar surface area (TPSA) is 88.4 Å². The van der Waals surface area contributed by atoms with Crippen LogP contribution >= 0.6 is 11.6 Å². The summed E-state index contributed by atoms with van der Waals surface area (Å²) in [5.74, 6) is -0.460. The summed E-state index contributed by atoms with van der Waals surface area (Å²) in [4.78, 5) is 24.2. The fourth-order valence-corrected chi connectivity index (χ4v) is 3.85. The van der Waals surface area contributed by atoms with Gasteiger partial charge in [-0.1, -0.05) is 41.9 Å². The molecule has 1 aliphatic rings. The number of hydrogen-bond acceptors (Lipinski definition) is 5. The summed E-state index contributed by atoms with van der Waals surface area (Å²) in [6.07, 6.45) is 1.70. The van der Waals surface area contributed by atoms with E-state index in [2.05, 4.69) is 5.10 Å². The number of amides is 1. The van der Waals surface area contributed by atoms with E-state index in [4.69, 9.17) is 26.2 Å². The van der Waals surface area contributed by atoms with Gasteiger partial charge in [0, 0.05) is 0 Å². The lowest BCUT2D eigenvalue weighted by molar-refractivity contribution is -0.114. The van der Waals surface area contributed by atoms with Crippen LogP contribution in [0.25, 0.3) is 6.08 Å². The number of nitrogens with zero attached hydrogens (tertiary/aromatic N) is 2. The number of benzene rings is 3. The fourth-order valence-electron chi connectivity index (χ4n) is 3.58. The molecule has 0 aromatic heterocycles. The van der Waals surface area contributed by atoms with Crippen molar-refractivity contribution >= 4 is 41.0 Å². The van der Waals surface area contributed by atoms with Crippen LogP contribution in [0.15, 0.2) is 77.4 Å². The van der Waals surface area contributed by atoms with Crippen molar-refractivity contribution in [2.45, 2.75) is 20.5 Å². The highest BCUT2D eigenvalue weighted by atomic mass is 35.5. The van der Waals surface area contributed by atoms with Gasteiger partial charge in [0.2, 0.25) is 0 Å². The monoisotopic (exact) mass is 490 g/mol. The summed E-state index contributed by atoms with van der Waals surface area (Å²) in [5, 5.41) is 15.0. The normalized spacial score (nSPS) is 14.3. The molecule has 4 rings (SSSR count). The van der Waals surface area contributed by atoms with Crippen molar-refractivity contribution in [3.05, 3.63) is 94.0 Å². The number of halogens is 1. The first kappa shape index (κ1) is 24.0. The molecule has 1 heterocycles. The predicted molar refractivity (Wildman–Crippen MR) is 135 cm³/mol. The van der Waals surface area contributed by atoms with Gasteiger partial charge in [-0.15, -0.1) is 0 Å². The van der Waals surface area contributed by atoms with Crippen molar-refractivity contribution in [1.82, 2.24) is 0 Å². The Morgan fingerprint density at radius 3 is 2.46 bits per heavy atom. The smallest absolute Gasteiger partial charge is 0.335 e. The van der Waals surface area contributed by atoms with Gasteiger partial charge in [-0.2, -0.15) is 10.1 Å². The zero-order chi connectivity index (χ0) is 24.9. The molecule has 3 aromatic carbocycles. The number of rotatable bonds is 8. The third-order valence-corrected chi connectivity index (χ3v) is 5.57. The Morgan fingerprint density at radius 1 is 1.09 bits per heavy atom. The van der Waals surface area contributed by atoms with E-state index in [9.17, 15) is 9.59 Å². The average Bonchev–Trinajstić information content (AvgIpc) is 3.13. The lowest BCUT2D eigenvalue weighted by atomic mass is 10.1. The van der Waals surface area contributed by atoms with E-state index in [1.807, 2.05) is 37.3 Å². The Morgan fingerprint density at radius 2 is 1.80 bits per heavy atom. The van der Waals surface area contributed by atoms with Gasteiger partial charge in [-0.3, -0.25) is 4.79 Å². The molecule has 35 heavy (non-hydrogen) atoms. The Balaban J connectivity index is 1.60. The molecule has 1 amide bonds. The number of carbonyl (C=O) groups excluding carboxylic acids is 1. The van der Waals surface area contributed by atoms with Crippen LogP contribution in [0.5, 0.6) is 11.5 Å². The van der Waals surface area contributed by atoms with Crippen molar-refractivity contribution in [3.63, 3.8) is 0 Å². The second-order valence-corrected chi connectivity index (χ2v) is 8.16. The second kappa shape index (κ2) is 10.4. The summed E-state index contributed by atoms with van der Waals surface area (Å²) < 4.78 is 11.7. The van der Waals surface area contributed by atoms with Crippen LogP contribution < -0.4 is 14.5 Å². The third kappa shape index (κ3) is 5.36. The van der Waals surface area contributed by atoms with Crippen LogP contribution in [0, 0.1) is 0 Å². The minimum Gasteiger partial charge on any atom is -0.490 e. The van der Waals surface area contributed by atoms with Crippen molar-refractivity contribution in [3.8, 4) is 11.5 Å². The lowest BCUT2D eigenvalue weighted by Gasteiger charge is -2.15. The number of carboxylic acid groups (broad SMARTS) is 1. The minimum absolute atomic E-state index is 0.129. The molecular formula is C27H23ClN2O5. The third-order valence-electron chi connectivity index (χ3n) is 5.29. The Bertz CT molecular complexity index is 1320. The summed E-state index contributed by atoms with van der Waals surface area (Å²) >= 11 is 6.55. The first-order valence-electron chi connectivity index (χ1n) is 11.0. The zero-order valence-electron chi connectivity index (χ0n) is 19.2. The van der Waals surface area contributed by atoms with Gasteiger partial charge < -0.3 is 14.6 Å². The Hall–Kier alpha value is -4.10. The number of carboxylic acids is 1. The van der Waals surface area contributed by atoms with E-state index >= 15 is 0 Å². The lowest BCUT2D eigenvalue weighted by Crippen LogP contribution is -2.21. The average molecular weight is 491 g/mol. The quantitative estimate of drug-likeness (QED) is 0.402. The maximum atomic E-state index is 13.1. The molecule has 0 aliphatic carbocycles. The molecule has 1 aliphatic heterocycles. The van der Waals surface area contributed by atoms with E-state index in [1.54, 1.807) is 37.3 Å². The summed E-state index contributed by atoms with van der Waals surface area (Å²) in [5.41, 5.74) is 3.17. The van der Waals surface area contributed by atoms with Crippen LogP contribution in [0.2, 0.25) is 5.02 Å². The second-order valence-electron chi connectivity index (χ2n) is 7.75. The van der Waals surface area contributed by atoms with Gasteiger partial charge in [-0.25, -0.2) is 4.79 Å². The SMILES string of the molecule is CCOc1cc(/C=C2\C(=O)N(c3ccc(C(=O)O)cc3)N=C2C)cc(Cl)c1OCc1ccccc1. The highest BCUT2D eigenvalue weighted by molar-refractivity contribution is 6.33. The molecule has 178 valence electrons. The van der Waals surface area contributed by atoms with Crippen molar-refractivity contribution < 1.29 is 24.2 Å². The maximum absolute atomic E-state index is 13.1. The summed E-state index contributed by atoms with van der Waals surface area (Å²) in [6.45, 7) is 4.35. The molecule has 0 fully saturated rings. The van der Waals surface area contributed by atoms with Gasteiger partial charge in [0.15, 0.2) is 11.5 Å². The standard InChI is InChI=1S/C27H23ClN2O5/c1-3-34-24-15-19(14-23(28)25(24)35-16-18-7-5-4-6-8-18)13-22-17(2)29-30(26(22)31)21-11-9-20(10-12-21)27(32)33/h4-15H,3,16H2,1-2H3,(H,32,33)/b22-13-. The van der Waals surface area contributed by atoms with Gasteiger partial charge in [0.1, 0.15) is 6.61 Å². The van der Waals surface area contributed by atoms with E-state index in [0.717, 1.165) is 5.56 Å². The maximum Gasteiger partial charge on any atom is 0.335 e. The first-order valence-corrected chi connectivity index (χ1v) is 11.3. The Kier molecular flexibility index (Phi) is 7.17. The van der Waals surface area contributed by atoms with E-state index in [-0.39, 0.29) is 11.5 Å².